The number of methoxy groups -OCH3 is 1. The molecule has 0 aromatic heterocycles. The first-order valence-corrected chi connectivity index (χ1v) is 5.62. The Hall–Kier alpha value is -1.52. The second-order valence-corrected chi connectivity index (χ2v) is 5.35. The minimum atomic E-state index is -0.529. The van der Waals surface area contributed by atoms with E-state index in [2.05, 4.69) is 4.74 Å². The molecular weight excluding hydrogens is 222 g/mol. The van der Waals surface area contributed by atoms with Crippen LogP contribution in [0.15, 0.2) is 12.3 Å². The Morgan fingerprint density at radius 3 is 2.47 bits per heavy atom. The first kappa shape index (κ1) is 12.0. The lowest BCUT2D eigenvalue weighted by atomic mass is 10.2. The number of esters is 1. The maximum Gasteiger partial charge on any atom is 0.414 e. The third-order valence-electron chi connectivity index (χ3n) is 2.90. The Labute approximate surface area is 100 Å². The molecule has 3 atom stereocenters. The van der Waals surface area contributed by atoms with Gasteiger partial charge >= 0.3 is 12.1 Å². The average Bonchev–Trinajstić information content (AvgIpc) is 2.74. The molecule has 0 aromatic carbocycles. The van der Waals surface area contributed by atoms with Crippen LogP contribution in [0.2, 0.25) is 0 Å². The molecule has 0 bridgehead atoms. The zero-order chi connectivity index (χ0) is 12.8. The Kier molecular flexibility index (Phi) is 2.64. The van der Waals surface area contributed by atoms with Crippen molar-refractivity contribution in [2.24, 2.45) is 11.8 Å². The van der Waals surface area contributed by atoms with E-state index in [1.54, 1.807) is 6.20 Å². The molecule has 5 heteroatoms. The first-order valence-electron chi connectivity index (χ1n) is 5.62. The van der Waals surface area contributed by atoms with Gasteiger partial charge in [-0.25, -0.2) is 4.79 Å². The standard InChI is InChI=1S/C12H17NO4/c1-12(2,3)17-11(15)13-6-5-7-8(9(7)13)10(14)16-4/h5-9H,1-4H3/t7-,8-,9-/m0/s1. The van der Waals surface area contributed by atoms with Crippen LogP contribution in [0.5, 0.6) is 0 Å². The highest BCUT2D eigenvalue weighted by Gasteiger charge is 2.61. The minimum Gasteiger partial charge on any atom is -0.469 e. The summed E-state index contributed by atoms with van der Waals surface area (Å²) in [4.78, 5) is 24.7. The molecule has 1 amide bonds. The molecule has 0 radical (unpaired) electrons. The van der Waals surface area contributed by atoms with Gasteiger partial charge in [-0.05, 0) is 20.8 Å². The van der Waals surface area contributed by atoms with Gasteiger partial charge in [0.2, 0.25) is 0 Å². The number of carbonyl (C=O) groups excluding carboxylic acids is 2. The summed E-state index contributed by atoms with van der Waals surface area (Å²) < 4.78 is 9.95. The van der Waals surface area contributed by atoms with Crippen molar-refractivity contribution in [3.05, 3.63) is 12.3 Å². The van der Waals surface area contributed by atoms with Gasteiger partial charge in [0.05, 0.1) is 19.1 Å². The van der Waals surface area contributed by atoms with Gasteiger partial charge in [0.15, 0.2) is 0 Å². The molecule has 5 nitrogen and oxygen atoms in total. The van der Waals surface area contributed by atoms with E-state index < -0.39 is 11.7 Å². The summed E-state index contributed by atoms with van der Waals surface area (Å²) in [5.41, 5.74) is -0.529. The van der Waals surface area contributed by atoms with Crippen LogP contribution in [-0.2, 0) is 14.3 Å². The molecular formula is C12H17NO4. The Morgan fingerprint density at radius 2 is 1.94 bits per heavy atom. The number of hydrogen-bond donors (Lipinski definition) is 0. The highest BCUT2D eigenvalue weighted by Crippen LogP contribution is 2.49. The molecule has 1 heterocycles. The fourth-order valence-corrected chi connectivity index (χ4v) is 2.13. The smallest absolute Gasteiger partial charge is 0.414 e. The third-order valence-corrected chi connectivity index (χ3v) is 2.90. The molecule has 94 valence electrons. The highest BCUT2D eigenvalue weighted by atomic mass is 16.6. The van der Waals surface area contributed by atoms with Crippen molar-refractivity contribution >= 4 is 12.1 Å². The zero-order valence-corrected chi connectivity index (χ0v) is 10.5. The normalized spacial score (nSPS) is 29.9. The lowest BCUT2D eigenvalue weighted by molar-refractivity contribution is -0.142. The fourth-order valence-electron chi connectivity index (χ4n) is 2.13. The van der Waals surface area contributed by atoms with Crippen molar-refractivity contribution in [1.82, 2.24) is 4.90 Å². The summed E-state index contributed by atoms with van der Waals surface area (Å²) in [5, 5.41) is 0. The van der Waals surface area contributed by atoms with E-state index in [0.29, 0.717) is 0 Å². The van der Waals surface area contributed by atoms with Crippen LogP contribution >= 0.6 is 0 Å². The maximum absolute atomic E-state index is 11.9. The number of nitrogens with zero attached hydrogens (tertiary/aromatic N) is 1. The third kappa shape index (κ3) is 2.14. The van der Waals surface area contributed by atoms with Gasteiger partial charge in [0.1, 0.15) is 5.60 Å². The SMILES string of the molecule is COC(=O)[C@H]1[C@@H]2C=CN(C(=O)OC(C)(C)C)[C@@H]21. The van der Waals surface area contributed by atoms with Crippen molar-refractivity contribution in [2.75, 3.05) is 7.11 Å². The van der Waals surface area contributed by atoms with Gasteiger partial charge < -0.3 is 9.47 Å². The van der Waals surface area contributed by atoms with Gasteiger partial charge in [-0.3, -0.25) is 9.69 Å². The summed E-state index contributed by atoms with van der Waals surface area (Å²) in [6.45, 7) is 5.44. The summed E-state index contributed by atoms with van der Waals surface area (Å²) in [5.74, 6) is -0.398. The van der Waals surface area contributed by atoms with E-state index in [1.165, 1.54) is 12.0 Å². The minimum absolute atomic E-state index is 0.0926. The van der Waals surface area contributed by atoms with Crippen molar-refractivity contribution in [3.8, 4) is 0 Å². The van der Waals surface area contributed by atoms with Crippen LogP contribution in [0.4, 0.5) is 4.79 Å². The van der Waals surface area contributed by atoms with E-state index >= 15 is 0 Å². The lowest BCUT2D eigenvalue weighted by Gasteiger charge is -2.24. The molecule has 0 aromatic rings. The van der Waals surface area contributed by atoms with E-state index in [-0.39, 0.29) is 23.8 Å². The van der Waals surface area contributed by atoms with E-state index in [4.69, 9.17) is 4.74 Å². The largest absolute Gasteiger partial charge is 0.469 e. The van der Waals surface area contributed by atoms with Crippen LogP contribution in [0.1, 0.15) is 20.8 Å². The van der Waals surface area contributed by atoms with E-state index in [9.17, 15) is 9.59 Å². The summed E-state index contributed by atoms with van der Waals surface area (Å²) in [6.07, 6.45) is 3.13. The molecule has 0 unspecified atom stereocenters. The molecule has 0 N–H and O–H groups in total. The second kappa shape index (κ2) is 3.75. The Bertz CT molecular complexity index is 382. The summed E-state index contributed by atoms with van der Waals surface area (Å²) in [6, 6.07) is -0.114. The van der Waals surface area contributed by atoms with Gasteiger partial charge in [-0.1, -0.05) is 6.08 Å². The molecule has 1 saturated carbocycles. The van der Waals surface area contributed by atoms with E-state index in [1.807, 2.05) is 26.8 Å². The topological polar surface area (TPSA) is 55.8 Å². The predicted molar refractivity (Wildman–Crippen MR) is 60.0 cm³/mol. The van der Waals surface area contributed by atoms with Crippen molar-refractivity contribution in [3.63, 3.8) is 0 Å². The number of hydrogen-bond acceptors (Lipinski definition) is 4. The van der Waals surface area contributed by atoms with Crippen LogP contribution in [0, 0.1) is 11.8 Å². The molecule has 17 heavy (non-hydrogen) atoms. The quantitative estimate of drug-likeness (QED) is 0.651. The summed E-state index contributed by atoms with van der Waals surface area (Å²) >= 11 is 0. The molecule has 1 fully saturated rings. The van der Waals surface area contributed by atoms with E-state index in [0.717, 1.165) is 0 Å². The van der Waals surface area contributed by atoms with Gasteiger partial charge in [-0.15, -0.1) is 0 Å². The number of fused-ring (bicyclic) bond motifs is 1. The average molecular weight is 239 g/mol. The van der Waals surface area contributed by atoms with Gasteiger partial charge in [0, 0.05) is 12.1 Å². The number of ether oxygens (including phenoxy) is 2. The molecule has 0 saturated heterocycles. The molecule has 1 aliphatic carbocycles. The predicted octanol–water partition coefficient (Wildman–Crippen LogP) is 1.54. The lowest BCUT2D eigenvalue weighted by Crippen LogP contribution is -2.35. The first-order chi connectivity index (χ1) is 7.85. The van der Waals surface area contributed by atoms with Gasteiger partial charge in [-0.2, -0.15) is 0 Å². The highest BCUT2D eigenvalue weighted by molar-refractivity contribution is 5.82. The Balaban J connectivity index is 1.99. The Morgan fingerprint density at radius 1 is 1.29 bits per heavy atom. The van der Waals surface area contributed by atoms with Crippen LogP contribution in [0.3, 0.4) is 0 Å². The number of amides is 1. The van der Waals surface area contributed by atoms with Crippen molar-refractivity contribution < 1.29 is 19.1 Å². The van der Waals surface area contributed by atoms with Gasteiger partial charge in [0.25, 0.3) is 0 Å². The molecule has 0 spiro atoms. The van der Waals surface area contributed by atoms with Crippen molar-refractivity contribution in [2.45, 2.75) is 32.4 Å². The van der Waals surface area contributed by atoms with Crippen molar-refractivity contribution in [1.29, 1.82) is 0 Å². The molecule has 1 aliphatic heterocycles. The maximum atomic E-state index is 11.9. The number of carbonyl (C=O) groups is 2. The van der Waals surface area contributed by atoms with Crippen LogP contribution in [-0.4, -0.2) is 35.7 Å². The van der Waals surface area contributed by atoms with Crippen LogP contribution < -0.4 is 0 Å². The zero-order valence-electron chi connectivity index (χ0n) is 10.5. The second-order valence-electron chi connectivity index (χ2n) is 5.35. The fraction of sp³-hybridized carbons (Fsp3) is 0.667. The van der Waals surface area contributed by atoms with Crippen LogP contribution in [0.25, 0.3) is 0 Å². The monoisotopic (exact) mass is 239 g/mol. The molecule has 2 rings (SSSR count). The number of rotatable bonds is 1. The molecule has 2 aliphatic rings. The summed E-state index contributed by atoms with van der Waals surface area (Å²) in [7, 11) is 1.36.